The molecule has 0 saturated heterocycles. The highest BCUT2D eigenvalue weighted by Crippen LogP contribution is 2.19. The fourth-order valence-corrected chi connectivity index (χ4v) is 3.33. The Morgan fingerprint density at radius 2 is 2.00 bits per heavy atom. The number of hydrogen-bond donors (Lipinski definition) is 1. The molecule has 0 aliphatic carbocycles. The molecule has 0 aromatic heterocycles. The molecule has 1 rings (SSSR count). The molecule has 0 aliphatic rings. The normalized spacial score (nSPS) is 12.8. The van der Waals surface area contributed by atoms with Crippen LogP contribution in [0.4, 0.5) is 4.39 Å². The molecule has 0 amide bonds. The lowest BCUT2D eigenvalue weighted by Gasteiger charge is -2.23. The topological polar surface area (TPSA) is 46.2 Å². The summed E-state index contributed by atoms with van der Waals surface area (Å²) in [5.74, 6) is -0.443. The van der Waals surface area contributed by atoms with Gasteiger partial charge in [0.05, 0.1) is 4.90 Å². The van der Waals surface area contributed by atoms with Crippen LogP contribution in [0.25, 0.3) is 0 Å². The molecule has 17 heavy (non-hydrogen) atoms. The van der Waals surface area contributed by atoms with Gasteiger partial charge in [0.2, 0.25) is 10.0 Å². The summed E-state index contributed by atoms with van der Waals surface area (Å²) in [6.07, 6.45) is 0. The van der Waals surface area contributed by atoms with E-state index in [0.29, 0.717) is 10.9 Å². The Hall–Kier alpha value is -0.460. The van der Waals surface area contributed by atoms with E-state index < -0.39 is 21.4 Å². The van der Waals surface area contributed by atoms with Crippen LogP contribution in [0, 0.1) is 12.7 Å². The Kier molecular flexibility index (Phi) is 4.33. The fraction of sp³-hybridized carbons (Fsp3) is 0.455. The van der Waals surface area contributed by atoms with E-state index in [1.54, 1.807) is 20.8 Å². The van der Waals surface area contributed by atoms with Crippen LogP contribution in [0.15, 0.2) is 23.1 Å². The predicted molar refractivity (Wildman–Crippen MR) is 69.3 cm³/mol. The molecule has 0 atom stereocenters. The Bertz CT molecular complexity index is 514. The number of alkyl halides is 1. The number of sulfonamides is 1. The standard InChI is InChI=1S/C11H15BrFNO2S/c1-8-6-9(13)4-5-10(8)17(15,16)14-11(2,3)7-12/h4-6,14H,7H2,1-3H3. The van der Waals surface area contributed by atoms with Gasteiger partial charge in [0, 0.05) is 10.9 Å². The van der Waals surface area contributed by atoms with Gasteiger partial charge in [0.1, 0.15) is 5.82 Å². The number of nitrogens with one attached hydrogen (secondary N) is 1. The van der Waals surface area contributed by atoms with Gasteiger partial charge >= 0.3 is 0 Å². The third-order valence-electron chi connectivity index (χ3n) is 2.17. The lowest BCUT2D eigenvalue weighted by Crippen LogP contribution is -2.44. The summed E-state index contributed by atoms with van der Waals surface area (Å²) < 4.78 is 39.6. The van der Waals surface area contributed by atoms with Crippen LogP contribution in [-0.2, 0) is 10.0 Å². The second-order valence-electron chi connectivity index (χ2n) is 4.53. The highest BCUT2D eigenvalue weighted by Gasteiger charge is 2.26. The molecule has 3 nitrogen and oxygen atoms in total. The summed E-state index contributed by atoms with van der Waals surface area (Å²) in [6.45, 7) is 5.09. The van der Waals surface area contributed by atoms with Gasteiger partial charge < -0.3 is 0 Å². The molecular formula is C11H15BrFNO2S. The molecule has 0 spiro atoms. The van der Waals surface area contributed by atoms with Crippen LogP contribution < -0.4 is 4.72 Å². The van der Waals surface area contributed by atoms with Crippen molar-refractivity contribution in [1.82, 2.24) is 4.72 Å². The summed E-state index contributed by atoms with van der Waals surface area (Å²) in [4.78, 5) is 0.105. The van der Waals surface area contributed by atoms with E-state index in [1.165, 1.54) is 12.1 Å². The minimum atomic E-state index is -3.62. The first kappa shape index (κ1) is 14.6. The zero-order chi connectivity index (χ0) is 13.3. The maximum atomic E-state index is 12.9. The lowest BCUT2D eigenvalue weighted by atomic mass is 10.1. The van der Waals surface area contributed by atoms with Crippen LogP contribution >= 0.6 is 15.9 Å². The first-order valence-corrected chi connectivity index (χ1v) is 7.64. The maximum absolute atomic E-state index is 12.9. The van der Waals surface area contributed by atoms with Gasteiger partial charge in [-0.3, -0.25) is 0 Å². The molecule has 1 aromatic carbocycles. The lowest BCUT2D eigenvalue weighted by molar-refractivity contribution is 0.500. The van der Waals surface area contributed by atoms with Gasteiger partial charge in [-0.1, -0.05) is 15.9 Å². The molecule has 0 unspecified atom stereocenters. The molecule has 0 radical (unpaired) electrons. The number of halogens is 2. The Labute approximate surface area is 110 Å². The molecule has 0 bridgehead atoms. The van der Waals surface area contributed by atoms with E-state index in [1.807, 2.05) is 0 Å². The minimum absolute atomic E-state index is 0.105. The fourth-order valence-electron chi connectivity index (χ4n) is 1.36. The zero-order valence-electron chi connectivity index (χ0n) is 9.92. The predicted octanol–water partition coefficient (Wildman–Crippen LogP) is 2.59. The van der Waals surface area contributed by atoms with Crippen molar-refractivity contribution in [2.24, 2.45) is 0 Å². The maximum Gasteiger partial charge on any atom is 0.241 e. The van der Waals surface area contributed by atoms with Crippen LogP contribution in [-0.4, -0.2) is 19.3 Å². The Morgan fingerprint density at radius 3 is 2.47 bits per heavy atom. The number of benzene rings is 1. The molecule has 0 fully saturated rings. The van der Waals surface area contributed by atoms with E-state index in [9.17, 15) is 12.8 Å². The first-order valence-electron chi connectivity index (χ1n) is 5.04. The first-order chi connectivity index (χ1) is 7.68. The molecule has 96 valence electrons. The Morgan fingerprint density at radius 1 is 1.41 bits per heavy atom. The molecular weight excluding hydrogens is 309 g/mol. The van der Waals surface area contributed by atoms with E-state index in [2.05, 4.69) is 20.7 Å². The molecule has 0 heterocycles. The highest BCUT2D eigenvalue weighted by atomic mass is 79.9. The van der Waals surface area contributed by atoms with Gasteiger partial charge in [-0.2, -0.15) is 0 Å². The third kappa shape index (κ3) is 3.76. The summed E-state index contributed by atoms with van der Waals surface area (Å²) >= 11 is 3.24. The van der Waals surface area contributed by atoms with Crippen molar-refractivity contribution in [2.45, 2.75) is 31.2 Å². The van der Waals surface area contributed by atoms with Crippen LogP contribution in [0.5, 0.6) is 0 Å². The Balaban J connectivity index is 3.14. The van der Waals surface area contributed by atoms with Gasteiger partial charge in [-0.15, -0.1) is 0 Å². The second-order valence-corrected chi connectivity index (χ2v) is 6.74. The van der Waals surface area contributed by atoms with Crippen molar-refractivity contribution >= 4 is 26.0 Å². The monoisotopic (exact) mass is 323 g/mol. The van der Waals surface area contributed by atoms with Crippen LogP contribution in [0.3, 0.4) is 0 Å². The van der Waals surface area contributed by atoms with Crippen molar-refractivity contribution in [3.63, 3.8) is 0 Å². The average Bonchev–Trinajstić information content (AvgIpc) is 2.15. The number of hydrogen-bond acceptors (Lipinski definition) is 2. The van der Waals surface area contributed by atoms with Crippen molar-refractivity contribution in [3.05, 3.63) is 29.6 Å². The van der Waals surface area contributed by atoms with E-state index in [4.69, 9.17) is 0 Å². The van der Waals surface area contributed by atoms with Gasteiger partial charge in [0.15, 0.2) is 0 Å². The smallest absolute Gasteiger partial charge is 0.207 e. The van der Waals surface area contributed by atoms with Crippen molar-refractivity contribution < 1.29 is 12.8 Å². The third-order valence-corrected chi connectivity index (χ3v) is 5.43. The summed E-state index contributed by atoms with van der Waals surface area (Å²) in [5.41, 5.74) is -0.206. The van der Waals surface area contributed by atoms with Gasteiger partial charge in [-0.05, 0) is 44.5 Å². The largest absolute Gasteiger partial charge is 0.241 e. The minimum Gasteiger partial charge on any atom is -0.207 e. The SMILES string of the molecule is Cc1cc(F)ccc1S(=O)(=O)NC(C)(C)CBr. The number of rotatable bonds is 4. The molecule has 6 heteroatoms. The van der Waals surface area contributed by atoms with Crippen molar-refractivity contribution in [3.8, 4) is 0 Å². The van der Waals surface area contributed by atoms with Crippen molar-refractivity contribution in [2.75, 3.05) is 5.33 Å². The molecule has 1 aromatic rings. The summed E-state index contributed by atoms with van der Waals surface area (Å²) in [5, 5.41) is 0.486. The molecule has 0 aliphatic heterocycles. The zero-order valence-corrected chi connectivity index (χ0v) is 12.3. The molecule has 0 saturated carbocycles. The van der Waals surface area contributed by atoms with E-state index in [0.717, 1.165) is 6.07 Å². The van der Waals surface area contributed by atoms with E-state index in [-0.39, 0.29) is 4.90 Å². The molecule has 1 N–H and O–H groups in total. The average molecular weight is 324 g/mol. The highest BCUT2D eigenvalue weighted by molar-refractivity contribution is 9.09. The summed E-state index contributed by atoms with van der Waals surface area (Å²) in [7, 11) is -3.62. The van der Waals surface area contributed by atoms with E-state index >= 15 is 0 Å². The summed E-state index contributed by atoms with van der Waals surface area (Å²) in [6, 6.07) is 3.62. The van der Waals surface area contributed by atoms with Crippen LogP contribution in [0.2, 0.25) is 0 Å². The second kappa shape index (κ2) is 5.04. The van der Waals surface area contributed by atoms with Gasteiger partial charge in [-0.25, -0.2) is 17.5 Å². The number of aryl methyl sites for hydroxylation is 1. The van der Waals surface area contributed by atoms with Crippen molar-refractivity contribution in [1.29, 1.82) is 0 Å². The quantitative estimate of drug-likeness (QED) is 0.866. The van der Waals surface area contributed by atoms with Gasteiger partial charge in [0.25, 0.3) is 0 Å². The van der Waals surface area contributed by atoms with Crippen LogP contribution in [0.1, 0.15) is 19.4 Å².